The van der Waals surface area contributed by atoms with E-state index in [4.69, 9.17) is 0 Å². The number of hydrogen-bond donors (Lipinski definition) is 1. The van der Waals surface area contributed by atoms with E-state index in [9.17, 15) is 0 Å². The predicted octanol–water partition coefficient (Wildman–Crippen LogP) is 4.46. The Morgan fingerprint density at radius 2 is 2.11 bits per heavy atom. The summed E-state index contributed by atoms with van der Waals surface area (Å²) in [6.45, 7) is 5.11. The molecule has 0 aliphatic heterocycles. The summed E-state index contributed by atoms with van der Waals surface area (Å²) >= 11 is 6.00. The number of aromatic nitrogens is 1. The summed E-state index contributed by atoms with van der Waals surface area (Å²) in [5, 5.41) is 3.54. The molecule has 1 aromatic heterocycles. The minimum absolute atomic E-state index is 0.168. The van der Waals surface area contributed by atoms with Crippen LogP contribution in [0, 0.1) is 10.5 Å². The summed E-state index contributed by atoms with van der Waals surface area (Å²) in [5.74, 6) is 0. The molecule has 100 valence electrons. The lowest BCUT2D eigenvalue weighted by molar-refractivity contribution is 0.626. The van der Waals surface area contributed by atoms with Gasteiger partial charge in [0, 0.05) is 20.4 Å². The third-order valence-corrected chi connectivity index (χ3v) is 4.30. The number of hydrogen-bond acceptors (Lipinski definition) is 2. The number of rotatable bonds is 4. The Balaban J connectivity index is 2.48. The van der Waals surface area contributed by atoms with E-state index in [1.807, 2.05) is 12.4 Å². The normalized spacial score (nSPS) is 12.4. The quantitative estimate of drug-likeness (QED) is 0.724. The topological polar surface area (TPSA) is 24.9 Å². The van der Waals surface area contributed by atoms with Gasteiger partial charge in [-0.05, 0) is 70.9 Å². The molecule has 0 fully saturated rings. The number of pyridine rings is 1. The summed E-state index contributed by atoms with van der Waals surface area (Å²) in [7, 11) is 0. The maximum atomic E-state index is 4.31. The average Bonchev–Trinajstić information content (AvgIpc) is 2.39. The summed E-state index contributed by atoms with van der Waals surface area (Å²) in [6.07, 6.45) is 3.82. The minimum Gasteiger partial charge on any atom is -0.306 e. The second kappa shape index (κ2) is 6.81. The van der Waals surface area contributed by atoms with Crippen LogP contribution >= 0.6 is 38.5 Å². The number of halogens is 2. The van der Waals surface area contributed by atoms with Crippen LogP contribution in [0.1, 0.15) is 29.7 Å². The summed E-state index contributed by atoms with van der Waals surface area (Å²) in [5.41, 5.74) is 3.63. The molecule has 2 rings (SSSR count). The smallest absolute Gasteiger partial charge is 0.0603 e. The van der Waals surface area contributed by atoms with Crippen LogP contribution in [0.4, 0.5) is 0 Å². The van der Waals surface area contributed by atoms with Crippen molar-refractivity contribution >= 4 is 38.5 Å². The molecule has 1 unspecified atom stereocenters. The Kier molecular flexibility index (Phi) is 5.36. The molecule has 0 amide bonds. The van der Waals surface area contributed by atoms with E-state index in [1.165, 1.54) is 20.3 Å². The Morgan fingerprint density at radius 3 is 2.79 bits per heavy atom. The molecule has 4 heteroatoms. The van der Waals surface area contributed by atoms with Crippen molar-refractivity contribution in [1.29, 1.82) is 0 Å². The second-order valence-electron chi connectivity index (χ2n) is 4.45. The van der Waals surface area contributed by atoms with Crippen molar-refractivity contribution in [3.05, 3.63) is 61.4 Å². The molecule has 1 atom stereocenters. The van der Waals surface area contributed by atoms with E-state index in [0.717, 1.165) is 11.0 Å². The van der Waals surface area contributed by atoms with Crippen molar-refractivity contribution in [1.82, 2.24) is 10.3 Å². The van der Waals surface area contributed by atoms with Gasteiger partial charge in [-0.15, -0.1) is 0 Å². The molecular formula is C15H16BrIN2. The van der Waals surface area contributed by atoms with Gasteiger partial charge in [-0.25, -0.2) is 0 Å². The molecule has 19 heavy (non-hydrogen) atoms. The summed E-state index contributed by atoms with van der Waals surface area (Å²) in [4.78, 5) is 4.31. The van der Waals surface area contributed by atoms with Gasteiger partial charge in [0.15, 0.2) is 0 Å². The van der Waals surface area contributed by atoms with Gasteiger partial charge in [0.2, 0.25) is 0 Å². The van der Waals surface area contributed by atoms with Gasteiger partial charge in [-0.3, -0.25) is 4.98 Å². The molecule has 2 aromatic rings. The molecule has 0 saturated carbocycles. The molecule has 1 heterocycles. The van der Waals surface area contributed by atoms with Crippen molar-refractivity contribution in [2.75, 3.05) is 6.54 Å². The van der Waals surface area contributed by atoms with Crippen LogP contribution in [0.3, 0.4) is 0 Å². The van der Waals surface area contributed by atoms with Crippen LogP contribution in [0.25, 0.3) is 0 Å². The molecule has 0 spiro atoms. The number of aryl methyl sites for hydroxylation is 1. The maximum absolute atomic E-state index is 4.31. The van der Waals surface area contributed by atoms with Gasteiger partial charge in [-0.1, -0.05) is 28.9 Å². The van der Waals surface area contributed by atoms with E-state index < -0.39 is 0 Å². The lowest BCUT2D eigenvalue weighted by Crippen LogP contribution is -2.22. The first-order valence-electron chi connectivity index (χ1n) is 6.21. The van der Waals surface area contributed by atoms with Gasteiger partial charge in [0.25, 0.3) is 0 Å². The van der Waals surface area contributed by atoms with Gasteiger partial charge in [0.05, 0.1) is 6.04 Å². The highest BCUT2D eigenvalue weighted by atomic mass is 127. The Bertz CT molecular complexity index is 572. The van der Waals surface area contributed by atoms with E-state index >= 15 is 0 Å². The van der Waals surface area contributed by atoms with Crippen molar-refractivity contribution in [3.8, 4) is 0 Å². The van der Waals surface area contributed by atoms with E-state index in [1.54, 1.807) is 0 Å². The zero-order chi connectivity index (χ0) is 13.8. The first-order chi connectivity index (χ1) is 9.11. The molecule has 1 N–H and O–H groups in total. The third-order valence-electron chi connectivity index (χ3n) is 2.91. The van der Waals surface area contributed by atoms with E-state index in [0.29, 0.717) is 0 Å². The van der Waals surface area contributed by atoms with Crippen LogP contribution in [0.2, 0.25) is 0 Å². The van der Waals surface area contributed by atoms with Gasteiger partial charge < -0.3 is 5.32 Å². The van der Waals surface area contributed by atoms with Crippen molar-refractivity contribution < 1.29 is 0 Å². The largest absolute Gasteiger partial charge is 0.306 e. The molecule has 0 saturated heterocycles. The predicted molar refractivity (Wildman–Crippen MR) is 91.4 cm³/mol. The zero-order valence-corrected chi connectivity index (χ0v) is 14.7. The highest BCUT2D eigenvalue weighted by Gasteiger charge is 2.16. The number of benzene rings is 1. The first kappa shape index (κ1) is 14.9. The van der Waals surface area contributed by atoms with Crippen LogP contribution in [0.5, 0.6) is 0 Å². The monoisotopic (exact) mass is 430 g/mol. The average molecular weight is 431 g/mol. The second-order valence-corrected chi connectivity index (χ2v) is 6.55. The standard InChI is InChI=1S/C15H16BrIN2/c1-3-19-15(11-6-10(2)8-18-9-11)13-7-12(17)4-5-14(13)16/h4-9,15,19H,3H2,1-2H3. The minimum atomic E-state index is 0.168. The van der Waals surface area contributed by atoms with E-state index in [2.05, 4.69) is 86.9 Å². The Labute approximate surface area is 136 Å². The number of nitrogens with zero attached hydrogens (tertiary/aromatic N) is 1. The van der Waals surface area contributed by atoms with Crippen LogP contribution < -0.4 is 5.32 Å². The van der Waals surface area contributed by atoms with E-state index in [-0.39, 0.29) is 6.04 Å². The Hall–Kier alpha value is -0.460. The fourth-order valence-corrected chi connectivity index (χ4v) is 3.07. The highest BCUT2D eigenvalue weighted by Crippen LogP contribution is 2.30. The fourth-order valence-electron chi connectivity index (χ4n) is 2.08. The SMILES string of the molecule is CCNC(c1cncc(C)c1)c1cc(I)ccc1Br. The zero-order valence-electron chi connectivity index (χ0n) is 11.0. The first-order valence-corrected chi connectivity index (χ1v) is 8.09. The lowest BCUT2D eigenvalue weighted by atomic mass is 9.99. The van der Waals surface area contributed by atoms with Crippen molar-refractivity contribution in [2.45, 2.75) is 19.9 Å². The van der Waals surface area contributed by atoms with Crippen LogP contribution in [0.15, 0.2) is 41.1 Å². The molecule has 0 bridgehead atoms. The van der Waals surface area contributed by atoms with Gasteiger partial charge >= 0.3 is 0 Å². The van der Waals surface area contributed by atoms with Gasteiger partial charge in [-0.2, -0.15) is 0 Å². The number of nitrogens with one attached hydrogen (secondary N) is 1. The molecule has 0 radical (unpaired) electrons. The van der Waals surface area contributed by atoms with Crippen LogP contribution in [-0.2, 0) is 0 Å². The fraction of sp³-hybridized carbons (Fsp3) is 0.267. The molecular weight excluding hydrogens is 415 g/mol. The summed E-state index contributed by atoms with van der Waals surface area (Å²) in [6, 6.07) is 8.77. The molecule has 1 aromatic carbocycles. The third kappa shape index (κ3) is 3.77. The highest BCUT2D eigenvalue weighted by molar-refractivity contribution is 14.1. The van der Waals surface area contributed by atoms with Crippen molar-refractivity contribution in [2.24, 2.45) is 0 Å². The van der Waals surface area contributed by atoms with Crippen molar-refractivity contribution in [3.63, 3.8) is 0 Å². The van der Waals surface area contributed by atoms with Crippen LogP contribution in [-0.4, -0.2) is 11.5 Å². The van der Waals surface area contributed by atoms with Gasteiger partial charge in [0.1, 0.15) is 0 Å². The molecule has 0 aliphatic carbocycles. The lowest BCUT2D eigenvalue weighted by Gasteiger charge is -2.20. The summed E-state index contributed by atoms with van der Waals surface area (Å²) < 4.78 is 2.36. The maximum Gasteiger partial charge on any atom is 0.0603 e. The Morgan fingerprint density at radius 1 is 1.32 bits per heavy atom. The molecule has 2 nitrogen and oxygen atoms in total. The molecule has 0 aliphatic rings.